The van der Waals surface area contributed by atoms with Crippen LogP contribution >= 0.6 is 0 Å². The first-order chi connectivity index (χ1) is 7.50. The van der Waals surface area contributed by atoms with Crippen molar-refractivity contribution in [3.63, 3.8) is 0 Å². The summed E-state index contributed by atoms with van der Waals surface area (Å²) in [6.45, 7) is 4.37. The third-order valence-corrected chi connectivity index (χ3v) is 2.74. The molecule has 2 heteroatoms. The van der Waals surface area contributed by atoms with E-state index in [-0.39, 0.29) is 5.91 Å². The average molecular weight is 219 g/mol. The molecule has 0 heterocycles. The fraction of sp³-hybridized carbons (Fsp3) is 0.500. The SMILES string of the molecule is CC(C)c1cccc(CCC(=O)N(C)C)c1. The van der Waals surface area contributed by atoms with Gasteiger partial charge in [-0.25, -0.2) is 0 Å². The van der Waals surface area contributed by atoms with E-state index in [1.807, 2.05) is 0 Å². The first-order valence-corrected chi connectivity index (χ1v) is 5.79. The van der Waals surface area contributed by atoms with Crippen molar-refractivity contribution >= 4 is 5.91 Å². The molecule has 0 unspecified atom stereocenters. The van der Waals surface area contributed by atoms with Crippen LogP contribution in [-0.2, 0) is 11.2 Å². The van der Waals surface area contributed by atoms with Crippen LogP contribution in [0.1, 0.15) is 37.3 Å². The maximum absolute atomic E-state index is 11.5. The maximum atomic E-state index is 11.5. The summed E-state index contributed by atoms with van der Waals surface area (Å²) in [6, 6.07) is 8.51. The highest BCUT2D eigenvalue weighted by Gasteiger charge is 2.05. The Morgan fingerprint density at radius 3 is 2.56 bits per heavy atom. The van der Waals surface area contributed by atoms with Crippen molar-refractivity contribution in [3.05, 3.63) is 35.4 Å². The number of carbonyl (C=O) groups is 1. The molecule has 88 valence electrons. The largest absolute Gasteiger partial charge is 0.349 e. The van der Waals surface area contributed by atoms with E-state index in [0.717, 1.165) is 6.42 Å². The van der Waals surface area contributed by atoms with Gasteiger partial charge in [0.2, 0.25) is 5.91 Å². The average Bonchev–Trinajstić information content (AvgIpc) is 2.26. The first kappa shape index (κ1) is 12.8. The Morgan fingerprint density at radius 1 is 1.31 bits per heavy atom. The minimum atomic E-state index is 0.190. The number of amides is 1. The number of hydrogen-bond acceptors (Lipinski definition) is 1. The Kier molecular flexibility index (Phi) is 4.53. The van der Waals surface area contributed by atoms with Crippen LogP contribution in [0, 0.1) is 0 Å². The summed E-state index contributed by atoms with van der Waals surface area (Å²) in [5.41, 5.74) is 2.59. The van der Waals surface area contributed by atoms with E-state index in [1.54, 1.807) is 19.0 Å². The molecular weight excluding hydrogens is 198 g/mol. The Balaban J connectivity index is 2.61. The molecule has 16 heavy (non-hydrogen) atoms. The number of carbonyl (C=O) groups excluding carboxylic acids is 1. The second kappa shape index (κ2) is 5.69. The molecule has 1 aromatic rings. The van der Waals surface area contributed by atoms with Crippen LogP contribution in [0.2, 0.25) is 0 Å². The molecule has 1 aromatic carbocycles. The van der Waals surface area contributed by atoms with E-state index in [4.69, 9.17) is 0 Å². The van der Waals surface area contributed by atoms with Gasteiger partial charge >= 0.3 is 0 Å². The molecule has 0 radical (unpaired) electrons. The highest BCUT2D eigenvalue weighted by atomic mass is 16.2. The Morgan fingerprint density at radius 2 is 2.00 bits per heavy atom. The third-order valence-electron chi connectivity index (χ3n) is 2.74. The summed E-state index contributed by atoms with van der Waals surface area (Å²) < 4.78 is 0. The van der Waals surface area contributed by atoms with Crippen molar-refractivity contribution in [2.24, 2.45) is 0 Å². The van der Waals surface area contributed by atoms with Gasteiger partial charge in [0.25, 0.3) is 0 Å². The van der Waals surface area contributed by atoms with Crippen molar-refractivity contribution in [3.8, 4) is 0 Å². The van der Waals surface area contributed by atoms with Gasteiger partial charge in [-0.05, 0) is 23.5 Å². The predicted octanol–water partition coefficient (Wildman–Crippen LogP) is 2.83. The highest BCUT2D eigenvalue weighted by molar-refractivity contribution is 5.75. The number of aryl methyl sites for hydroxylation is 1. The van der Waals surface area contributed by atoms with Crippen LogP contribution in [0.15, 0.2) is 24.3 Å². The van der Waals surface area contributed by atoms with E-state index in [9.17, 15) is 4.79 Å². The highest BCUT2D eigenvalue weighted by Crippen LogP contribution is 2.16. The van der Waals surface area contributed by atoms with Crippen LogP contribution in [-0.4, -0.2) is 24.9 Å². The number of benzene rings is 1. The Labute approximate surface area is 98.3 Å². The molecule has 0 saturated carbocycles. The second-order valence-corrected chi connectivity index (χ2v) is 4.69. The topological polar surface area (TPSA) is 20.3 Å². The van der Waals surface area contributed by atoms with Gasteiger partial charge in [0.15, 0.2) is 0 Å². The smallest absolute Gasteiger partial charge is 0.222 e. The van der Waals surface area contributed by atoms with Crippen molar-refractivity contribution in [1.29, 1.82) is 0 Å². The monoisotopic (exact) mass is 219 g/mol. The molecule has 0 saturated heterocycles. The van der Waals surface area contributed by atoms with E-state index in [0.29, 0.717) is 12.3 Å². The molecule has 0 spiro atoms. The molecular formula is C14H21NO. The molecule has 0 atom stereocenters. The van der Waals surface area contributed by atoms with Crippen LogP contribution in [0.25, 0.3) is 0 Å². The summed E-state index contributed by atoms with van der Waals surface area (Å²) in [6.07, 6.45) is 1.42. The standard InChI is InChI=1S/C14H21NO/c1-11(2)13-7-5-6-12(10-13)8-9-14(16)15(3)4/h5-7,10-11H,8-9H2,1-4H3. The van der Waals surface area contributed by atoms with Gasteiger partial charge in [0.1, 0.15) is 0 Å². The van der Waals surface area contributed by atoms with Crippen molar-refractivity contribution < 1.29 is 4.79 Å². The zero-order valence-corrected chi connectivity index (χ0v) is 10.7. The van der Waals surface area contributed by atoms with Gasteiger partial charge in [0.05, 0.1) is 0 Å². The first-order valence-electron chi connectivity index (χ1n) is 5.79. The Hall–Kier alpha value is -1.31. The van der Waals surface area contributed by atoms with Crippen molar-refractivity contribution in [2.45, 2.75) is 32.6 Å². The van der Waals surface area contributed by atoms with Crippen LogP contribution in [0.3, 0.4) is 0 Å². The quantitative estimate of drug-likeness (QED) is 0.762. The van der Waals surface area contributed by atoms with E-state index >= 15 is 0 Å². The molecule has 0 bridgehead atoms. The van der Waals surface area contributed by atoms with Gasteiger partial charge in [-0.3, -0.25) is 4.79 Å². The van der Waals surface area contributed by atoms with Gasteiger partial charge in [0, 0.05) is 20.5 Å². The number of hydrogen-bond donors (Lipinski definition) is 0. The zero-order valence-electron chi connectivity index (χ0n) is 10.7. The molecule has 0 aromatic heterocycles. The molecule has 0 aliphatic carbocycles. The van der Waals surface area contributed by atoms with Gasteiger partial charge in [-0.2, -0.15) is 0 Å². The third kappa shape index (κ3) is 3.69. The van der Waals surface area contributed by atoms with Crippen LogP contribution in [0.5, 0.6) is 0 Å². The summed E-state index contributed by atoms with van der Waals surface area (Å²) >= 11 is 0. The second-order valence-electron chi connectivity index (χ2n) is 4.69. The van der Waals surface area contributed by atoms with Crippen molar-refractivity contribution in [2.75, 3.05) is 14.1 Å². The fourth-order valence-corrected chi connectivity index (χ4v) is 1.58. The molecule has 0 aliphatic heterocycles. The lowest BCUT2D eigenvalue weighted by atomic mass is 9.99. The summed E-state index contributed by atoms with van der Waals surface area (Å²) in [4.78, 5) is 13.1. The fourth-order valence-electron chi connectivity index (χ4n) is 1.58. The molecule has 0 aliphatic rings. The summed E-state index contributed by atoms with van der Waals surface area (Å²) in [5.74, 6) is 0.736. The van der Waals surface area contributed by atoms with Gasteiger partial charge in [-0.15, -0.1) is 0 Å². The Bertz CT molecular complexity index is 356. The summed E-state index contributed by atoms with van der Waals surface area (Å²) in [5, 5.41) is 0. The molecule has 0 N–H and O–H groups in total. The minimum absolute atomic E-state index is 0.190. The molecule has 2 nitrogen and oxygen atoms in total. The van der Waals surface area contributed by atoms with E-state index < -0.39 is 0 Å². The number of rotatable bonds is 4. The van der Waals surface area contributed by atoms with Crippen LogP contribution < -0.4 is 0 Å². The number of nitrogens with zero attached hydrogens (tertiary/aromatic N) is 1. The maximum Gasteiger partial charge on any atom is 0.222 e. The minimum Gasteiger partial charge on any atom is -0.349 e. The van der Waals surface area contributed by atoms with Gasteiger partial charge < -0.3 is 4.90 Å². The molecule has 1 amide bonds. The van der Waals surface area contributed by atoms with Crippen LogP contribution in [0.4, 0.5) is 0 Å². The summed E-state index contributed by atoms with van der Waals surface area (Å²) in [7, 11) is 3.60. The predicted molar refractivity (Wildman–Crippen MR) is 67.5 cm³/mol. The van der Waals surface area contributed by atoms with E-state index in [1.165, 1.54) is 11.1 Å². The lowest BCUT2D eigenvalue weighted by Crippen LogP contribution is -2.21. The lowest BCUT2D eigenvalue weighted by Gasteiger charge is -2.11. The van der Waals surface area contributed by atoms with E-state index in [2.05, 4.69) is 38.1 Å². The normalized spacial score (nSPS) is 10.6. The lowest BCUT2D eigenvalue weighted by molar-refractivity contribution is -0.128. The molecule has 1 rings (SSSR count). The van der Waals surface area contributed by atoms with Gasteiger partial charge in [-0.1, -0.05) is 38.1 Å². The zero-order chi connectivity index (χ0) is 12.1. The van der Waals surface area contributed by atoms with Crippen molar-refractivity contribution in [1.82, 2.24) is 4.90 Å². The molecule has 0 fully saturated rings.